The summed E-state index contributed by atoms with van der Waals surface area (Å²) in [5, 5.41) is 5.93. The van der Waals surface area contributed by atoms with Gasteiger partial charge in [-0.05, 0) is 55.9 Å². The molecule has 1 saturated carbocycles. The van der Waals surface area contributed by atoms with Gasteiger partial charge in [0.15, 0.2) is 0 Å². The molecule has 1 aliphatic carbocycles. The van der Waals surface area contributed by atoms with E-state index in [1.165, 1.54) is 5.56 Å². The molecule has 0 radical (unpaired) electrons. The summed E-state index contributed by atoms with van der Waals surface area (Å²) in [7, 11) is 0. The summed E-state index contributed by atoms with van der Waals surface area (Å²) >= 11 is 0. The molecule has 2 atom stereocenters. The highest BCUT2D eigenvalue weighted by Gasteiger charge is 2.47. The molecule has 1 aliphatic rings. The molecule has 26 heavy (non-hydrogen) atoms. The Morgan fingerprint density at radius 3 is 2.50 bits per heavy atom. The molecule has 0 bridgehead atoms. The smallest absolute Gasteiger partial charge is 0.228 e. The highest BCUT2D eigenvalue weighted by Crippen LogP contribution is 2.39. The van der Waals surface area contributed by atoms with Crippen LogP contribution in [0.1, 0.15) is 29.5 Å². The number of aryl methyl sites for hydroxylation is 3. The monoisotopic (exact) mass is 350 g/mol. The van der Waals surface area contributed by atoms with Gasteiger partial charge in [-0.3, -0.25) is 9.59 Å². The van der Waals surface area contributed by atoms with Gasteiger partial charge >= 0.3 is 0 Å². The van der Waals surface area contributed by atoms with Crippen molar-refractivity contribution in [1.82, 2.24) is 5.32 Å². The number of hydrogen-bond acceptors (Lipinski definition) is 2. The van der Waals surface area contributed by atoms with Crippen LogP contribution in [0.3, 0.4) is 0 Å². The first-order valence-electron chi connectivity index (χ1n) is 9.24. The molecule has 2 amide bonds. The molecule has 4 nitrogen and oxygen atoms in total. The number of benzene rings is 2. The number of carbonyl (C=O) groups is 2. The molecule has 1 fully saturated rings. The van der Waals surface area contributed by atoms with Crippen LogP contribution in [0.25, 0.3) is 0 Å². The molecular weight excluding hydrogens is 324 g/mol. The maximum Gasteiger partial charge on any atom is 0.228 e. The fraction of sp³-hybridized carbons (Fsp3) is 0.364. The minimum atomic E-state index is -0.205. The Labute approximate surface area is 155 Å². The van der Waals surface area contributed by atoms with Crippen molar-refractivity contribution in [2.24, 2.45) is 11.8 Å². The second-order valence-electron chi connectivity index (χ2n) is 7.14. The molecule has 3 rings (SSSR count). The Morgan fingerprint density at radius 1 is 1.00 bits per heavy atom. The first kappa shape index (κ1) is 18.2. The average molecular weight is 350 g/mol. The molecule has 136 valence electrons. The first-order chi connectivity index (χ1) is 12.5. The van der Waals surface area contributed by atoms with Gasteiger partial charge < -0.3 is 10.6 Å². The molecule has 2 aromatic carbocycles. The van der Waals surface area contributed by atoms with Gasteiger partial charge in [-0.25, -0.2) is 0 Å². The van der Waals surface area contributed by atoms with Crippen LogP contribution in [0.4, 0.5) is 5.69 Å². The topological polar surface area (TPSA) is 58.2 Å². The maximum absolute atomic E-state index is 12.4. The van der Waals surface area contributed by atoms with Crippen molar-refractivity contribution < 1.29 is 9.59 Å². The Balaban J connectivity index is 1.40. The van der Waals surface area contributed by atoms with Crippen molar-refractivity contribution in [1.29, 1.82) is 0 Å². The van der Waals surface area contributed by atoms with E-state index in [1.807, 2.05) is 50.2 Å². The standard InChI is InChI=1S/C22H26N2O2/c1-15-10-11-16(2)20(13-15)24-22(26)19-14-18(19)21(25)23-12-6-9-17-7-4-3-5-8-17/h3-5,7-8,10-11,13,18-19H,6,9,12,14H2,1-2H3,(H,23,25)(H,24,26). The summed E-state index contributed by atoms with van der Waals surface area (Å²) < 4.78 is 0. The molecule has 2 unspecified atom stereocenters. The summed E-state index contributed by atoms with van der Waals surface area (Å²) in [4.78, 5) is 24.6. The zero-order chi connectivity index (χ0) is 18.5. The van der Waals surface area contributed by atoms with Crippen molar-refractivity contribution in [2.45, 2.75) is 33.1 Å². The summed E-state index contributed by atoms with van der Waals surface area (Å²) in [5.74, 6) is -0.441. The molecule has 4 heteroatoms. The van der Waals surface area contributed by atoms with Crippen LogP contribution >= 0.6 is 0 Å². The van der Waals surface area contributed by atoms with Crippen LogP contribution in [0.5, 0.6) is 0 Å². The largest absolute Gasteiger partial charge is 0.356 e. The lowest BCUT2D eigenvalue weighted by atomic mass is 10.1. The van der Waals surface area contributed by atoms with Crippen LogP contribution in [0, 0.1) is 25.7 Å². The quantitative estimate of drug-likeness (QED) is 0.749. The second-order valence-corrected chi connectivity index (χ2v) is 7.14. The van der Waals surface area contributed by atoms with Crippen LogP contribution in [-0.4, -0.2) is 18.4 Å². The van der Waals surface area contributed by atoms with Gasteiger partial charge in [0.25, 0.3) is 0 Å². The van der Waals surface area contributed by atoms with Gasteiger partial charge in [0, 0.05) is 12.2 Å². The predicted octanol–water partition coefficient (Wildman–Crippen LogP) is 3.63. The summed E-state index contributed by atoms with van der Waals surface area (Å²) in [5.41, 5.74) is 4.25. The lowest BCUT2D eigenvalue weighted by molar-refractivity contribution is -0.125. The minimum absolute atomic E-state index is 0.000763. The zero-order valence-corrected chi connectivity index (χ0v) is 15.4. The Morgan fingerprint density at radius 2 is 1.73 bits per heavy atom. The Kier molecular flexibility index (Phi) is 5.71. The molecular formula is C22H26N2O2. The maximum atomic E-state index is 12.4. The van der Waals surface area contributed by atoms with Gasteiger partial charge in [-0.2, -0.15) is 0 Å². The van der Waals surface area contributed by atoms with Gasteiger partial charge in [0.1, 0.15) is 0 Å². The summed E-state index contributed by atoms with van der Waals surface area (Å²) in [6.07, 6.45) is 2.49. The molecule has 0 aromatic heterocycles. The van der Waals surface area contributed by atoms with E-state index in [4.69, 9.17) is 0 Å². The Bertz CT molecular complexity index is 786. The molecule has 0 heterocycles. The van der Waals surface area contributed by atoms with E-state index in [-0.39, 0.29) is 23.7 Å². The van der Waals surface area contributed by atoms with E-state index in [1.54, 1.807) is 0 Å². The Hall–Kier alpha value is -2.62. The van der Waals surface area contributed by atoms with Crippen LogP contribution in [0.15, 0.2) is 48.5 Å². The van der Waals surface area contributed by atoms with Gasteiger partial charge in [0.2, 0.25) is 11.8 Å². The number of hydrogen-bond donors (Lipinski definition) is 2. The number of carbonyl (C=O) groups excluding carboxylic acids is 2. The van der Waals surface area contributed by atoms with Gasteiger partial charge in [-0.15, -0.1) is 0 Å². The third-order valence-corrected chi connectivity index (χ3v) is 4.90. The van der Waals surface area contributed by atoms with Gasteiger partial charge in [0.05, 0.1) is 11.8 Å². The number of nitrogens with one attached hydrogen (secondary N) is 2. The highest BCUT2D eigenvalue weighted by molar-refractivity contribution is 5.99. The van der Waals surface area contributed by atoms with Gasteiger partial charge in [-0.1, -0.05) is 42.5 Å². The molecule has 0 aliphatic heterocycles. The normalized spacial score (nSPS) is 18.2. The zero-order valence-electron chi connectivity index (χ0n) is 15.4. The van der Waals surface area contributed by atoms with Crippen LogP contribution in [0.2, 0.25) is 0 Å². The second kappa shape index (κ2) is 8.17. The van der Waals surface area contributed by atoms with Crippen LogP contribution in [-0.2, 0) is 16.0 Å². The van der Waals surface area contributed by atoms with Crippen molar-refractivity contribution in [2.75, 3.05) is 11.9 Å². The summed E-state index contributed by atoms with van der Waals surface area (Å²) in [6, 6.07) is 16.2. The predicted molar refractivity (Wildman–Crippen MR) is 104 cm³/mol. The van der Waals surface area contributed by atoms with Crippen molar-refractivity contribution in [3.05, 3.63) is 65.2 Å². The lowest BCUT2D eigenvalue weighted by Crippen LogP contribution is -2.28. The average Bonchev–Trinajstić information content (AvgIpc) is 3.43. The minimum Gasteiger partial charge on any atom is -0.356 e. The van der Waals surface area contributed by atoms with E-state index >= 15 is 0 Å². The van der Waals surface area contributed by atoms with Crippen LogP contribution < -0.4 is 10.6 Å². The highest BCUT2D eigenvalue weighted by atomic mass is 16.2. The molecule has 0 saturated heterocycles. The first-order valence-corrected chi connectivity index (χ1v) is 9.24. The van der Waals surface area contributed by atoms with E-state index < -0.39 is 0 Å². The molecule has 2 N–H and O–H groups in total. The molecule has 0 spiro atoms. The lowest BCUT2D eigenvalue weighted by Gasteiger charge is -2.09. The van der Waals surface area contributed by atoms with E-state index in [2.05, 4.69) is 22.8 Å². The third-order valence-electron chi connectivity index (χ3n) is 4.90. The fourth-order valence-corrected chi connectivity index (χ4v) is 3.15. The summed E-state index contributed by atoms with van der Waals surface area (Å²) in [6.45, 7) is 4.62. The van der Waals surface area contributed by atoms with E-state index in [0.717, 1.165) is 29.7 Å². The van der Waals surface area contributed by atoms with E-state index in [9.17, 15) is 9.59 Å². The number of anilines is 1. The van der Waals surface area contributed by atoms with Crippen molar-refractivity contribution in [3.63, 3.8) is 0 Å². The SMILES string of the molecule is Cc1ccc(C)c(NC(=O)C2CC2C(=O)NCCCc2ccccc2)c1. The number of amides is 2. The van der Waals surface area contributed by atoms with Crippen molar-refractivity contribution in [3.8, 4) is 0 Å². The number of rotatable bonds is 7. The fourth-order valence-electron chi connectivity index (χ4n) is 3.15. The third kappa shape index (κ3) is 4.72. The van der Waals surface area contributed by atoms with E-state index in [0.29, 0.717) is 13.0 Å². The van der Waals surface area contributed by atoms with Crippen molar-refractivity contribution >= 4 is 17.5 Å². The molecule has 2 aromatic rings.